The summed E-state index contributed by atoms with van der Waals surface area (Å²) in [6.45, 7) is 9.64. The SMILES string of the molecule is CN1CCN(CC(=O)N(C)c2ccc(N/C(=C3\C(=O)Nc4cc(F)ccc43)c3ccc(CNC(=O)OC(C)(C)C)cc3)cc2)CC1. The maximum Gasteiger partial charge on any atom is 0.407 e. The highest BCUT2D eigenvalue weighted by Gasteiger charge is 2.29. The molecule has 242 valence electrons. The number of rotatable bonds is 8. The first-order valence-corrected chi connectivity index (χ1v) is 15.3. The third kappa shape index (κ3) is 8.09. The first kappa shape index (κ1) is 32.6. The number of amides is 3. The van der Waals surface area contributed by atoms with Gasteiger partial charge in [-0.3, -0.25) is 14.5 Å². The smallest absolute Gasteiger partial charge is 0.407 e. The van der Waals surface area contributed by atoms with Gasteiger partial charge < -0.3 is 30.5 Å². The van der Waals surface area contributed by atoms with Gasteiger partial charge >= 0.3 is 6.09 Å². The second-order valence-electron chi connectivity index (χ2n) is 12.7. The number of hydrogen-bond donors (Lipinski definition) is 3. The highest BCUT2D eigenvalue weighted by atomic mass is 19.1. The number of alkyl carbamates (subject to hydrolysis) is 1. The Labute approximate surface area is 269 Å². The summed E-state index contributed by atoms with van der Waals surface area (Å²) in [6, 6.07) is 19.1. The van der Waals surface area contributed by atoms with Gasteiger partial charge in [0, 0.05) is 56.7 Å². The number of benzene rings is 3. The zero-order chi connectivity index (χ0) is 33.0. The molecule has 2 aliphatic heterocycles. The molecule has 0 unspecified atom stereocenters. The van der Waals surface area contributed by atoms with Gasteiger partial charge in [-0.25, -0.2) is 9.18 Å². The molecule has 0 aromatic heterocycles. The Balaban J connectivity index is 1.37. The lowest BCUT2D eigenvalue weighted by atomic mass is 9.99. The number of hydrogen-bond acceptors (Lipinski definition) is 7. The molecule has 1 fully saturated rings. The Bertz CT molecular complexity index is 1620. The highest BCUT2D eigenvalue weighted by Crippen LogP contribution is 2.38. The molecule has 0 spiro atoms. The van der Waals surface area contributed by atoms with Crippen LogP contribution in [0.15, 0.2) is 66.7 Å². The minimum atomic E-state index is -0.602. The third-order valence-electron chi connectivity index (χ3n) is 7.91. The number of halogens is 1. The van der Waals surface area contributed by atoms with Crippen LogP contribution in [0.5, 0.6) is 0 Å². The lowest BCUT2D eigenvalue weighted by Gasteiger charge is -2.32. The van der Waals surface area contributed by atoms with E-state index in [0.29, 0.717) is 40.3 Å². The number of carbonyl (C=O) groups is 3. The summed E-state index contributed by atoms with van der Waals surface area (Å²) in [6.07, 6.45) is -0.511. The van der Waals surface area contributed by atoms with Gasteiger partial charge in [-0.05, 0) is 81.4 Å². The molecule has 0 bridgehead atoms. The van der Waals surface area contributed by atoms with Crippen LogP contribution in [0.1, 0.15) is 37.5 Å². The van der Waals surface area contributed by atoms with Crippen LogP contribution in [0.4, 0.5) is 26.2 Å². The van der Waals surface area contributed by atoms with Crippen LogP contribution in [0.25, 0.3) is 11.3 Å². The van der Waals surface area contributed by atoms with Gasteiger partial charge in [-0.15, -0.1) is 0 Å². The van der Waals surface area contributed by atoms with Crippen LogP contribution in [0.2, 0.25) is 0 Å². The van der Waals surface area contributed by atoms with E-state index in [4.69, 9.17) is 4.74 Å². The Kier molecular flexibility index (Phi) is 9.74. The van der Waals surface area contributed by atoms with Gasteiger partial charge in [0.25, 0.3) is 5.91 Å². The molecule has 0 saturated carbocycles. The standard InChI is InChI=1S/C35H41FN6O4/c1-35(2,3)46-34(45)37-21-23-6-8-24(9-7-23)32(31-28-15-10-25(36)20-29(28)39-33(31)44)38-26-11-13-27(14-12-26)41(5)30(43)22-42-18-16-40(4)17-19-42/h6-15,20,38H,16-19,21-22H2,1-5H3,(H,37,45)(H,39,44)/b32-31-. The summed E-state index contributed by atoms with van der Waals surface area (Å²) in [5.41, 5.74) is 4.28. The maximum absolute atomic E-state index is 14.0. The quantitative estimate of drug-likeness (QED) is 0.302. The molecule has 11 heteroatoms. The fraction of sp³-hybridized carbons (Fsp3) is 0.343. The highest BCUT2D eigenvalue weighted by molar-refractivity contribution is 6.37. The van der Waals surface area contributed by atoms with Crippen molar-refractivity contribution in [2.24, 2.45) is 0 Å². The molecule has 0 aliphatic carbocycles. The van der Waals surface area contributed by atoms with Crippen LogP contribution in [-0.2, 0) is 20.9 Å². The maximum atomic E-state index is 14.0. The molecular weight excluding hydrogens is 587 g/mol. The average Bonchev–Trinajstić information content (AvgIpc) is 3.33. The average molecular weight is 629 g/mol. The minimum Gasteiger partial charge on any atom is -0.444 e. The molecule has 0 atom stereocenters. The monoisotopic (exact) mass is 628 g/mol. The lowest BCUT2D eigenvalue weighted by Crippen LogP contribution is -2.48. The number of nitrogens with one attached hydrogen (secondary N) is 3. The van der Waals surface area contributed by atoms with E-state index < -0.39 is 17.5 Å². The van der Waals surface area contributed by atoms with Gasteiger partial charge in [0.2, 0.25) is 5.91 Å². The van der Waals surface area contributed by atoms with Crippen molar-refractivity contribution < 1.29 is 23.5 Å². The molecule has 0 radical (unpaired) electrons. The van der Waals surface area contributed by atoms with Crippen molar-refractivity contribution in [2.75, 3.05) is 62.4 Å². The minimum absolute atomic E-state index is 0.0146. The van der Waals surface area contributed by atoms with Crippen LogP contribution < -0.4 is 20.9 Å². The summed E-state index contributed by atoms with van der Waals surface area (Å²) < 4.78 is 19.3. The molecule has 5 rings (SSSR count). The van der Waals surface area contributed by atoms with E-state index >= 15 is 0 Å². The molecule has 3 aromatic carbocycles. The van der Waals surface area contributed by atoms with E-state index in [1.165, 1.54) is 12.1 Å². The molecule has 2 aliphatic rings. The fourth-order valence-electron chi connectivity index (χ4n) is 5.31. The molecule has 3 N–H and O–H groups in total. The number of anilines is 3. The topological polar surface area (TPSA) is 106 Å². The molecule has 3 amide bonds. The number of nitrogens with zero attached hydrogens (tertiary/aromatic N) is 3. The van der Waals surface area contributed by atoms with Crippen LogP contribution in [0, 0.1) is 5.82 Å². The normalized spacial score (nSPS) is 16.3. The number of piperazine rings is 1. The van der Waals surface area contributed by atoms with E-state index in [1.807, 2.05) is 48.5 Å². The van der Waals surface area contributed by atoms with E-state index in [0.717, 1.165) is 37.4 Å². The van der Waals surface area contributed by atoms with E-state index in [2.05, 4.69) is 32.8 Å². The Morgan fingerprint density at radius 1 is 0.978 bits per heavy atom. The molecule has 10 nitrogen and oxygen atoms in total. The largest absolute Gasteiger partial charge is 0.444 e. The lowest BCUT2D eigenvalue weighted by molar-refractivity contribution is -0.119. The second kappa shape index (κ2) is 13.7. The number of carbonyl (C=O) groups excluding carboxylic acids is 3. The summed E-state index contributed by atoms with van der Waals surface area (Å²) in [5, 5.41) is 8.92. The predicted molar refractivity (Wildman–Crippen MR) is 179 cm³/mol. The predicted octanol–water partition coefficient (Wildman–Crippen LogP) is 4.99. The van der Waals surface area contributed by atoms with Crippen molar-refractivity contribution in [3.05, 3.63) is 89.2 Å². The molecule has 1 saturated heterocycles. The van der Waals surface area contributed by atoms with Crippen molar-refractivity contribution in [3.8, 4) is 0 Å². The van der Waals surface area contributed by atoms with E-state index in [1.54, 1.807) is 38.8 Å². The van der Waals surface area contributed by atoms with E-state index in [9.17, 15) is 18.8 Å². The van der Waals surface area contributed by atoms with Gasteiger partial charge in [0.15, 0.2) is 0 Å². The molecule has 3 aromatic rings. The number of ether oxygens (including phenoxy) is 1. The van der Waals surface area contributed by atoms with Gasteiger partial charge in [-0.2, -0.15) is 0 Å². The van der Waals surface area contributed by atoms with Crippen molar-refractivity contribution >= 4 is 46.2 Å². The summed E-state index contributed by atoms with van der Waals surface area (Å²) in [5.74, 6) is -0.788. The molecule has 46 heavy (non-hydrogen) atoms. The Morgan fingerprint density at radius 2 is 1.65 bits per heavy atom. The summed E-state index contributed by atoms with van der Waals surface area (Å²) >= 11 is 0. The van der Waals surface area contributed by atoms with Crippen LogP contribution >= 0.6 is 0 Å². The van der Waals surface area contributed by atoms with Gasteiger partial charge in [-0.1, -0.05) is 24.3 Å². The Morgan fingerprint density at radius 3 is 2.30 bits per heavy atom. The van der Waals surface area contributed by atoms with Gasteiger partial charge in [0.1, 0.15) is 11.4 Å². The van der Waals surface area contributed by atoms with Crippen molar-refractivity contribution in [1.29, 1.82) is 0 Å². The van der Waals surface area contributed by atoms with Crippen molar-refractivity contribution in [1.82, 2.24) is 15.1 Å². The summed E-state index contributed by atoms with van der Waals surface area (Å²) in [7, 11) is 3.86. The van der Waals surface area contributed by atoms with E-state index in [-0.39, 0.29) is 18.4 Å². The first-order chi connectivity index (χ1) is 21.9. The first-order valence-electron chi connectivity index (χ1n) is 15.3. The Hall–Kier alpha value is -4.74. The van der Waals surface area contributed by atoms with Crippen molar-refractivity contribution in [2.45, 2.75) is 32.9 Å². The molecular formula is C35H41FN6O4. The molecule has 2 heterocycles. The fourth-order valence-corrected chi connectivity index (χ4v) is 5.31. The van der Waals surface area contributed by atoms with Crippen LogP contribution in [0.3, 0.4) is 0 Å². The second-order valence-corrected chi connectivity index (χ2v) is 12.7. The number of likely N-dealkylation sites (N-methyl/N-ethyl adjacent to an activating group) is 2. The number of fused-ring (bicyclic) bond motifs is 1. The van der Waals surface area contributed by atoms with Crippen molar-refractivity contribution in [3.63, 3.8) is 0 Å². The van der Waals surface area contributed by atoms with Crippen LogP contribution in [-0.4, -0.2) is 80.1 Å². The third-order valence-corrected chi connectivity index (χ3v) is 7.91. The summed E-state index contributed by atoms with van der Waals surface area (Å²) in [4.78, 5) is 44.5. The zero-order valence-electron chi connectivity index (χ0n) is 26.9. The zero-order valence-corrected chi connectivity index (χ0v) is 26.9. The van der Waals surface area contributed by atoms with Gasteiger partial charge in [0.05, 0.1) is 23.5 Å².